The third kappa shape index (κ3) is 5.61. The van der Waals surface area contributed by atoms with Crippen molar-refractivity contribution in [1.82, 2.24) is 0 Å². The molecule has 1 atom stereocenters. The molecular formula is C9H18ClNO2Si. The molecule has 0 bridgehead atoms. The minimum atomic E-state index is -2.51. The lowest BCUT2D eigenvalue weighted by Gasteiger charge is -2.23. The molecular weight excluding hydrogens is 218 g/mol. The highest BCUT2D eigenvalue weighted by Gasteiger charge is 2.35. The zero-order valence-corrected chi connectivity index (χ0v) is 10.8. The number of rotatable bonds is 7. The maximum atomic E-state index is 8.63. The van der Waals surface area contributed by atoms with Crippen LogP contribution in [0.1, 0.15) is 27.2 Å². The molecule has 0 radical (unpaired) electrons. The zero-order chi connectivity index (χ0) is 11.0. The highest BCUT2D eigenvalue weighted by Crippen LogP contribution is 2.23. The molecule has 0 N–H and O–H groups in total. The molecule has 0 aromatic carbocycles. The van der Waals surface area contributed by atoms with E-state index in [1.807, 2.05) is 20.8 Å². The quantitative estimate of drug-likeness (QED) is 0.504. The molecule has 0 aromatic heterocycles. The van der Waals surface area contributed by atoms with Crippen LogP contribution in [-0.2, 0) is 8.85 Å². The number of hydrogen-bond acceptors (Lipinski definition) is 3. The molecule has 0 saturated carbocycles. The van der Waals surface area contributed by atoms with Crippen molar-refractivity contribution in [3.63, 3.8) is 0 Å². The average molecular weight is 236 g/mol. The highest BCUT2D eigenvalue weighted by atomic mass is 35.6. The Morgan fingerprint density at radius 3 is 2.21 bits per heavy atom. The molecule has 5 heteroatoms. The van der Waals surface area contributed by atoms with Crippen LogP contribution in [0.3, 0.4) is 0 Å². The minimum absolute atomic E-state index is 0.0153. The summed E-state index contributed by atoms with van der Waals surface area (Å²) < 4.78 is 10.9. The van der Waals surface area contributed by atoms with E-state index in [2.05, 4.69) is 6.07 Å². The minimum Gasteiger partial charge on any atom is -0.383 e. The van der Waals surface area contributed by atoms with Gasteiger partial charge in [-0.2, -0.15) is 5.26 Å². The van der Waals surface area contributed by atoms with Gasteiger partial charge in [-0.05, 0) is 27.2 Å². The van der Waals surface area contributed by atoms with Crippen LogP contribution in [0.4, 0.5) is 0 Å². The summed E-state index contributed by atoms with van der Waals surface area (Å²) in [4.78, 5) is 0. The van der Waals surface area contributed by atoms with Gasteiger partial charge in [0.25, 0.3) is 0 Å². The second kappa shape index (κ2) is 7.24. The summed E-state index contributed by atoms with van der Waals surface area (Å²) in [6.45, 7) is 6.81. The smallest absolute Gasteiger partial charge is 0.383 e. The van der Waals surface area contributed by atoms with Crippen LogP contribution in [0.5, 0.6) is 0 Å². The van der Waals surface area contributed by atoms with Crippen molar-refractivity contribution in [2.45, 2.75) is 33.2 Å². The average Bonchev–Trinajstić information content (AvgIpc) is 2.15. The van der Waals surface area contributed by atoms with Crippen LogP contribution in [0, 0.1) is 17.2 Å². The molecule has 1 unspecified atom stereocenters. The Morgan fingerprint density at radius 2 is 1.86 bits per heavy atom. The number of nitrogens with zero attached hydrogens (tertiary/aromatic N) is 1. The lowest BCUT2D eigenvalue weighted by Crippen LogP contribution is -2.36. The first-order valence-corrected chi connectivity index (χ1v) is 7.98. The zero-order valence-electron chi connectivity index (χ0n) is 9.05. The summed E-state index contributed by atoms with van der Waals surface area (Å²) >= 11 is 6.23. The van der Waals surface area contributed by atoms with E-state index in [9.17, 15) is 0 Å². The van der Waals surface area contributed by atoms with Crippen molar-refractivity contribution in [2.24, 2.45) is 5.92 Å². The number of nitriles is 1. The molecule has 14 heavy (non-hydrogen) atoms. The first-order chi connectivity index (χ1) is 6.58. The van der Waals surface area contributed by atoms with Crippen molar-refractivity contribution in [2.75, 3.05) is 13.2 Å². The van der Waals surface area contributed by atoms with Crippen LogP contribution in [0.25, 0.3) is 0 Å². The van der Waals surface area contributed by atoms with E-state index >= 15 is 0 Å². The van der Waals surface area contributed by atoms with Crippen molar-refractivity contribution >= 4 is 18.9 Å². The molecule has 3 nitrogen and oxygen atoms in total. The third-order valence-corrected chi connectivity index (χ3v) is 5.36. The van der Waals surface area contributed by atoms with Gasteiger partial charge in [-0.1, -0.05) is 11.1 Å². The summed E-state index contributed by atoms with van der Waals surface area (Å²) in [5.41, 5.74) is 0. The fourth-order valence-electron chi connectivity index (χ4n) is 1.07. The van der Waals surface area contributed by atoms with E-state index in [1.54, 1.807) is 0 Å². The molecule has 0 spiro atoms. The summed E-state index contributed by atoms with van der Waals surface area (Å²) in [6, 6.07) is 2.85. The van der Waals surface area contributed by atoms with Gasteiger partial charge in [0.05, 0.1) is 6.07 Å². The van der Waals surface area contributed by atoms with E-state index in [0.29, 0.717) is 19.3 Å². The van der Waals surface area contributed by atoms with E-state index in [-0.39, 0.29) is 5.92 Å². The van der Waals surface area contributed by atoms with Crippen LogP contribution in [-0.4, -0.2) is 21.1 Å². The fourth-order valence-corrected chi connectivity index (χ4v) is 4.06. The Balaban J connectivity index is 4.02. The summed E-state index contributed by atoms with van der Waals surface area (Å²) in [7, 11) is -2.51. The predicted molar refractivity (Wildman–Crippen MR) is 59.1 cm³/mol. The number of hydrogen-bond donors (Lipinski definition) is 0. The van der Waals surface area contributed by atoms with Gasteiger partial charge in [0.1, 0.15) is 0 Å². The Kier molecular flexibility index (Phi) is 7.20. The second-order valence-electron chi connectivity index (χ2n) is 3.09. The highest BCUT2D eigenvalue weighted by molar-refractivity contribution is 7.12. The van der Waals surface area contributed by atoms with Crippen LogP contribution >= 0.6 is 11.1 Å². The van der Waals surface area contributed by atoms with Crippen LogP contribution in [0.15, 0.2) is 0 Å². The Labute approximate surface area is 91.9 Å². The second-order valence-corrected chi connectivity index (χ2v) is 7.22. The monoisotopic (exact) mass is 235 g/mol. The van der Waals surface area contributed by atoms with Gasteiger partial charge >= 0.3 is 7.87 Å². The van der Waals surface area contributed by atoms with E-state index < -0.39 is 7.87 Å². The van der Waals surface area contributed by atoms with Crippen molar-refractivity contribution < 1.29 is 8.85 Å². The topological polar surface area (TPSA) is 42.2 Å². The first kappa shape index (κ1) is 13.9. The largest absolute Gasteiger partial charge is 0.443 e. The van der Waals surface area contributed by atoms with E-state index in [1.165, 1.54) is 0 Å². The molecule has 0 aromatic rings. The fraction of sp³-hybridized carbons (Fsp3) is 0.889. The molecule has 0 fully saturated rings. The summed E-state index contributed by atoms with van der Waals surface area (Å²) in [5.74, 6) is 0.0153. The van der Waals surface area contributed by atoms with Crippen molar-refractivity contribution in [3.8, 4) is 6.07 Å². The molecule has 0 rings (SSSR count). The van der Waals surface area contributed by atoms with Gasteiger partial charge in [0.2, 0.25) is 0 Å². The van der Waals surface area contributed by atoms with Gasteiger partial charge in [0.15, 0.2) is 0 Å². The lowest BCUT2D eigenvalue weighted by molar-refractivity contribution is 0.201. The summed E-state index contributed by atoms with van der Waals surface area (Å²) in [5, 5.41) is 8.63. The third-order valence-electron chi connectivity index (χ3n) is 1.82. The van der Waals surface area contributed by atoms with Gasteiger partial charge in [0, 0.05) is 25.2 Å². The molecule has 0 amide bonds. The van der Waals surface area contributed by atoms with Crippen molar-refractivity contribution in [1.29, 1.82) is 5.26 Å². The Bertz CT molecular complexity index is 190. The summed E-state index contributed by atoms with van der Waals surface area (Å²) in [6.07, 6.45) is 0.742. The Morgan fingerprint density at radius 1 is 1.36 bits per heavy atom. The van der Waals surface area contributed by atoms with Crippen molar-refractivity contribution in [3.05, 3.63) is 0 Å². The first-order valence-electron chi connectivity index (χ1n) is 4.94. The molecule has 0 heterocycles. The van der Waals surface area contributed by atoms with E-state index in [0.717, 1.165) is 6.42 Å². The van der Waals surface area contributed by atoms with Gasteiger partial charge in [-0.3, -0.25) is 0 Å². The maximum absolute atomic E-state index is 8.63. The lowest BCUT2D eigenvalue weighted by atomic mass is 10.1. The SMILES string of the molecule is CCO[Si](Cl)(CCC(C)C#N)OCC. The predicted octanol–water partition coefficient (Wildman–Crippen LogP) is 2.79. The molecule has 82 valence electrons. The number of halogens is 1. The molecule has 0 aliphatic heterocycles. The standard InChI is InChI=1S/C9H18ClNO2Si/c1-4-12-14(10,13-5-2)7-6-9(3)8-11/h9H,4-7H2,1-3H3. The molecule has 0 saturated heterocycles. The van der Waals surface area contributed by atoms with Gasteiger partial charge in [-0.15, -0.1) is 0 Å². The van der Waals surface area contributed by atoms with Crippen LogP contribution < -0.4 is 0 Å². The maximum Gasteiger partial charge on any atom is 0.443 e. The molecule has 0 aliphatic carbocycles. The van der Waals surface area contributed by atoms with Gasteiger partial charge in [-0.25, -0.2) is 0 Å². The Hall–Kier alpha value is -0.0831. The van der Waals surface area contributed by atoms with Crippen LogP contribution in [0.2, 0.25) is 6.04 Å². The van der Waals surface area contributed by atoms with Gasteiger partial charge < -0.3 is 8.85 Å². The van der Waals surface area contributed by atoms with E-state index in [4.69, 9.17) is 25.2 Å². The normalized spacial score (nSPS) is 13.6. The molecule has 0 aliphatic rings.